The summed E-state index contributed by atoms with van der Waals surface area (Å²) >= 11 is 0. The number of amides is 1. The number of ether oxygens (including phenoxy) is 1. The second-order valence-corrected chi connectivity index (χ2v) is 17.9. The first-order chi connectivity index (χ1) is 18.1. The number of carbonyl (C=O) groups excluding carboxylic acids is 2. The zero-order valence-corrected chi connectivity index (χ0v) is 23.7. The molecule has 3 aromatic carbocycles. The molecule has 1 fully saturated rings. The lowest BCUT2D eigenvalue weighted by Crippen LogP contribution is -2.39. The Morgan fingerprint density at radius 3 is 2.34 bits per heavy atom. The van der Waals surface area contributed by atoms with Crippen molar-refractivity contribution in [3.8, 4) is 5.75 Å². The van der Waals surface area contributed by atoms with Crippen molar-refractivity contribution in [2.75, 3.05) is 18.1 Å². The molecule has 0 saturated carbocycles. The number of nitrogens with zero attached hydrogens (tertiary/aromatic N) is 2. The molecule has 2 aliphatic rings. The van der Waals surface area contributed by atoms with Gasteiger partial charge in [0.1, 0.15) is 12.4 Å². The fraction of sp³-hybridized carbons (Fsp3) is 0.310. The highest BCUT2D eigenvalue weighted by Gasteiger charge is 2.40. The minimum atomic E-state index is -3.87. The van der Waals surface area contributed by atoms with E-state index in [-0.39, 0.29) is 29.7 Å². The van der Waals surface area contributed by atoms with Crippen LogP contribution in [0.5, 0.6) is 5.75 Å². The van der Waals surface area contributed by atoms with Crippen LogP contribution in [0.4, 0.5) is 5.69 Å². The van der Waals surface area contributed by atoms with Crippen molar-refractivity contribution in [3.63, 3.8) is 0 Å². The highest BCUT2D eigenvalue weighted by atomic mass is 32.2. The molecule has 0 aliphatic carbocycles. The van der Waals surface area contributed by atoms with Crippen LogP contribution in [0.1, 0.15) is 28.8 Å². The van der Waals surface area contributed by atoms with E-state index in [0.29, 0.717) is 24.4 Å². The van der Waals surface area contributed by atoms with Crippen molar-refractivity contribution in [3.05, 3.63) is 83.9 Å². The molecular weight excluding hydrogens is 516 g/mol. The van der Waals surface area contributed by atoms with Crippen molar-refractivity contribution in [1.82, 2.24) is 4.31 Å². The molecule has 9 heteroatoms. The van der Waals surface area contributed by atoms with Crippen molar-refractivity contribution >= 4 is 40.7 Å². The average Bonchev–Trinajstić information content (AvgIpc) is 3.47. The van der Waals surface area contributed by atoms with Crippen LogP contribution in [0.15, 0.2) is 77.7 Å². The zero-order valence-electron chi connectivity index (χ0n) is 21.9. The summed E-state index contributed by atoms with van der Waals surface area (Å²) in [4.78, 5) is 27.2. The van der Waals surface area contributed by atoms with Crippen LogP contribution in [-0.2, 0) is 21.4 Å². The fourth-order valence-corrected chi connectivity index (χ4v) is 7.90. The van der Waals surface area contributed by atoms with Gasteiger partial charge in [0, 0.05) is 6.54 Å². The Bertz CT molecular complexity index is 1470. The van der Waals surface area contributed by atoms with Gasteiger partial charge in [0.2, 0.25) is 10.0 Å². The SMILES string of the molecule is C[Si](C)(C)c1ccc(CN2C(=O)C(=O)c3cc(S(=O)(=O)N4CCCC4COc4ccccc4)ccc32)cc1. The first-order valence-electron chi connectivity index (χ1n) is 12.8. The van der Waals surface area contributed by atoms with Crippen molar-refractivity contribution in [2.45, 2.75) is 50.0 Å². The number of rotatable bonds is 8. The molecule has 7 nitrogen and oxygen atoms in total. The van der Waals surface area contributed by atoms with Crippen LogP contribution in [0.2, 0.25) is 19.6 Å². The van der Waals surface area contributed by atoms with Gasteiger partial charge in [-0.2, -0.15) is 4.31 Å². The first kappa shape index (κ1) is 26.3. The smallest absolute Gasteiger partial charge is 0.299 e. The van der Waals surface area contributed by atoms with E-state index in [1.807, 2.05) is 42.5 Å². The van der Waals surface area contributed by atoms with Crippen LogP contribution in [0.25, 0.3) is 0 Å². The Morgan fingerprint density at radius 1 is 0.947 bits per heavy atom. The van der Waals surface area contributed by atoms with Gasteiger partial charge in [0.25, 0.3) is 11.7 Å². The largest absolute Gasteiger partial charge is 0.492 e. The minimum absolute atomic E-state index is 0.0188. The predicted octanol–water partition coefficient (Wildman–Crippen LogP) is 4.19. The molecule has 2 heterocycles. The topological polar surface area (TPSA) is 84.0 Å². The highest BCUT2D eigenvalue weighted by Crippen LogP contribution is 2.34. The first-order valence-corrected chi connectivity index (χ1v) is 17.8. The lowest BCUT2D eigenvalue weighted by Gasteiger charge is -2.24. The third-order valence-corrected chi connectivity index (χ3v) is 11.2. The monoisotopic (exact) mass is 548 g/mol. The van der Waals surface area contributed by atoms with Crippen LogP contribution in [0.3, 0.4) is 0 Å². The van der Waals surface area contributed by atoms with Crippen molar-refractivity contribution < 1.29 is 22.7 Å². The lowest BCUT2D eigenvalue weighted by molar-refractivity contribution is -0.114. The zero-order chi connectivity index (χ0) is 27.1. The highest BCUT2D eigenvalue weighted by molar-refractivity contribution is 7.89. The number of para-hydroxylation sites is 1. The average molecular weight is 549 g/mol. The Hall–Kier alpha value is -3.27. The van der Waals surface area contributed by atoms with Gasteiger partial charge in [-0.25, -0.2) is 8.42 Å². The lowest BCUT2D eigenvalue weighted by atomic mass is 10.1. The number of sulfonamides is 1. The summed E-state index contributed by atoms with van der Waals surface area (Å²) in [6.45, 7) is 7.69. The quantitative estimate of drug-likeness (QED) is 0.311. The van der Waals surface area contributed by atoms with E-state index in [9.17, 15) is 18.0 Å². The van der Waals surface area contributed by atoms with E-state index in [4.69, 9.17) is 4.74 Å². The molecule has 1 atom stereocenters. The second-order valence-electron chi connectivity index (χ2n) is 10.9. The van der Waals surface area contributed by atoms with Gasteiger partial charge in [0.15, 0.2) is 0 Å². The van der Waals surface area contributed by atoms with Crippen LogP contribution < -0.4 is 14.8 Å². The van der Waals surface area contributed by atoms with E-state index in [1.165, 1.54) is 26.5 Å². The number of fused-ring (bicyclic) bond motifs is 1. The Morgan fingerprint density at radius 2 is 1.66 bits per heavy atom. The summed E-state index contributed by atoms with van der Waals surface area (Å²) in [7, 11) is -5.32. The molecule has 2 aliphatic heterocycles. The third kappa shape index (κ3) is 5.06. The number of hydrogen-bond acceptors (Lipinski definition) is 5. The molecule has 1 unspecified atom stereocenters. The Labute approximate surface area is 225 Å². The molecule has 0 bridgehead atoms. The number of anilines is 1. The summed E-state index contributed by atoms with van der Waals surface area (Å²) in [5.41, 5.74) is 1.49. The summed E-state index contributed by atoms with van der Waals surface area (Å²) in [5, 5.41) is 1.31. The van der Waals surface area contributed by atoms with Gasteiger partial charge in [0.05, 0.1) is 36.8 Å². The molecule has 5 rings (SSSR count). The van der Waals surface area contributed by atoms with Gasteiger partial charge >= 0.3 is 0 Å². The predicted molar refractivity (Wildman–Crippen MR) is 150 cm³/mol. The summed E-state index contributed by atoms with van der Waals surface area (Å²) in [5.74, 6) is -0.631. The normalized spacial score (nSPS) is 18.2. The molecular formula is C29H32N2O5SSi. The molecule has 0 aromatic heterocycles. The molecule has 1 saturated heterocycles. The molecule has 38 heavy (non-hydrogen) atoms. The molecule has 3 aromatic rings. The minimum Gasteiger partial charge on any atom is -0.492 e. The number of Topliss-reactive ketones (excluding diaryl/α,β-unsaturated/α-hetero) is 1. The van der Waals surface area contributed by atoms with Crippen LogP contribution in [-0.4, -0.2) is 51.7 Å². The van der Waals surface area contributed by atoms with Crippen LogP contribution >= 0.6 is 0 Å². The van der Waals surface area contributed by atoms with E-state index in [1.54, 1.807) is 6.07 Å². The molecule has 0 spiro atoms. The fourth-order valence-electron chi connectivity index (χ4n) is 5.03. The van der Waals surface area contributed by atoms with Gasteiger partial charge in [-0.3, -0.25) is 9.59 Å². The van der Waals surface area contributed by atoms with Gasteiger partial charge < -0.3 is 9.64 Å². The summed E-state index contributed by atoms with van der Waals surface area (Å²) < 4.78 is 34.5. The molecule has 198 valence electrons. The Kier molecular flexibility index (Phi) is 7.02. The van der Waals surface area contributed by atoms with E-state index >= 15 is 0 Å². The molecule has 0 N–H and O–H groups in total. The molecule has 1 amide bonds. The number of ketones is 1. The summed E-state index contributed by atoms with van der Waals surface area (Å²) in [6, 6.07) is 21.6. The maximum Gasteiger partial charge on any atom is 0.299 e. The summed E-state index contributed by atoms with van der Waals surface area (Å²) in [6.07, 6.45) is 1.42. The maximum atomic E-state index is 13.6. The molecule has 0 radical (unpaired) electrons. The number of benzene rings is 3. The standard InChI is InChI=1S/C29H32N2O5SSi/c1-38(2,3)25-14-11-21(12-15-25)19-30-27-16-13-24(18-26(27)28(32)29(30)33)37(34,35)31-17-7-8-22(31)20-36-23-9-5-4-6-10-23/h4-6,9-16,18,22H,7-8,17,19-20H2,1-3H3. The van der Waals surface area contributed by atoms with E-state index < -0.39 is 29.8 Å². The van der Waals surface area contributed by atoms with Gasteiger partial charge in [-0.1, -0.05) is 67.3 Å². The number of carbonyl (C=O) groups is 2. The maximum absolute atomic E-state index is 13.6. The van der Waals surface area contributed by atoms with Crippen molar-refractivity contribution in [2.24, 2.45) is 0 Å². The number of hydrogen-bond donors (Lipinski definition) is 0. The Balaban J connectivity index is 1.36. The van der Waals surface area contributed by atoms with Crippen molar-refractivity contribution in [1.29, 1.82) is 0 Å². The van der Waals surface area contributed by atoms with Gasteiger partial charge in [-0.05, 0) is 48.7 Å². The van der Waals surface area contributed by atoms with Gasteiger partial charge in [-0.15, -0.1) is 0 Å². The second kappa shape index (κ2) is 10.1. The van der Waals surface area contributed by atoms with E-state index in [0.717, 1.165) is 12.0 Å². The van der Waals surface area contributed by atoms with E-state index in [2.05, 4.69) is 31.8 Å². The van der Waals surface area contributed by atoms with Crippen LogP contribution in [0, 0.1) is 0 Å². The third-order valence-electron chi connectivity index (χ3n) is 7.22.